The molecule has 0 radical (unpaired) electrons. The average molecular weight is 633 g/mol. The first kappa shape index (κ1) is 31.2. The highest BCUT2D eigenvalue weighted by Crippen LogP contribution is 2.36. The minimum Gasteiger partial charge on any atom is -0.388 e. The first-order valence-corrected chi connectivity index (χ1v) is 15.8. The zero-order chi connectivity index (χ0) is 30.0. The van der Waals surface area contributed by atoms with E-state index in [1.165, 1.54) is 11.1 Å². The molecule has 6 N–H and O–H groups in total. The number of hydrogen-bond acceptors (Lipinski definition) is 9. The number of hydrogen-bond donors (Lipinski definition) is 6. The lowest BCUT2D eigenvalue weighted by Gasteiger charge is -2.27. The van der Waals surface area contributed by atoms with Gasteiger partial charge in [0.15, 0.2) is 17.0 Å². The van der Waals surface area contributed by atoms with Crippen molar-refractivity contribution in [3.63, 3.8) is 0 Å². The second-order valence-corrected chi connectivity index (χ2v) is 12.3. The van der Waals surface area contributed by atoms with E-state index in [9.17, 15) is 15.0 Å². The summed E-state index contributed by atoms with van der Waals surface area (Å²) in [6.07, 6.45) is 3.64. The molecule has 12 heteroatoms. The number of aliphatic hydroxyl groups is 2. The molecule has 3 heterocycles. The smallest absolute Gasteiger partial charge is 0.227 e. The maximum atomic E-state index is 12.7. The minimum absolute atomic E-state index is 0. The summed E-state index contributed by atoms with van der Waals surface area (Å²) >= 11 is 0. The molecule has 11 nitrogen and oxygen atoms in total. The summed E-state index contributed by atoms with van der Waals surface area (Å²) < 4.78 is 1.83. The lowest BCUT2D eigenvalue weighted by Crippen LogP contribution is -2.46. The molecule has 1 saturated heterocycles. The standard InChI is InChI=1S/C33H40N8O3.ClH/c42-28-25(38-32(44)22-12-7-13-22)16-26(29(28)43)41-19-36-27-30(39-33(40-31(27)41)37-23-14-15-34-17-23)35-18-24(20-8-3-1-4-9-20)21-10-5-2-6-11-21;/h1-6,8-11,19,22-26,28-29,34,42-43H,7,12-18H2,(H,38,44)(H2,35,37,39,40);1H/t23-,25-,26+,28+,29-;/m0./s1. The van der Waals surface area contributed by atoms with Crippen molar-refractivity contribution < 1.29 is 15.0 Å². The minimum atomic E-state index is -1.08. The molecule has 0 bridgehead atoms. The number of carbonyl (C=O) groups is 1. The molecule has 4 aromatic rings. The number of anilines is 2. The number of nitrogens with one attached hydrogen (secondary N) is 4. The van der Waals surface area contributed by atoms with E-state index in [1.807, 2.05) is 16.7 Å². The van der Waals surface area contributed by atoms with Crippen LogP contribution in [-0.4, -0.2) is 79.6 Å². The second kappa shape index (κ2) is 13.7. The number of halogens is 1. The van der Waals surface area contributed by atoms with E-state index in [2.05, 4.69) is 69.8 Å². The van der Waals surface area contributed by atoms with Crippen LogP contribution in [0, 0.1) is 5.92 Å². The Kier molecular flexibility index (Phi) is 9.50. The number of carbonyl (C=O) groups excluding carboxylic acids is 1. The topological polar surface area (TPSA) is 149 Å². The van der Waals surface area contributed by atoms with E-state index in [0.29, 0.717) is 35.9 Å². The van der Waals surface area contributed by atoms with E-state index in [0.717, 1.165) is 38.8 Å². The molecule has 2 aliphatic carbocycles. The molecule has 0 spiro atoms. The summed E-state index contributed by atoms with van der Waals surface area (Å²) in [6, 6.07) is 19.9. The van der Waals surface area contributed by atoms with Gasteiger partial charge in [-0.05, 0) is 43.4 Å². The third kappa shape index (κ3) is 6.48. The summed E-state index contributed by atoms with van der Waals surface area (Å²) in [6.45, 7) is 2.33. The number of aliphatic hydroxyl groups excluding tert-OH is 2. The van der Waals surface area contributed by atoms with E-state index >= 15 is 0 Å². The SMILES string of the molecule is Cl.O=C(N[C@H]1C[C@@H](n2cnc3c(NCC(c4ccccc4)c4ccccc4)nc(N[C@H]4CCNC4)nc32)[C@H](O)[C@@H]1O)C1CCC1. The molecule has 3 aliphatic rings. The number of rotatable bonds is 10. The Morgan fingerprint density at radius 3 is 2.31 bits per heavy atom. The highest BCUT2D eigenvalue weighted by atomic mass is 35.5. The van der Waals surface area contributed by atoms with Crippen molar-refractivity contribution in [1.29, 1.82) is 0 Å². The Bertz CT molecular complexity index is 1540. The van der Waals surface area contributed by atoms with Crippen LogP contribution in [0.1, 0.15) is 55.2 Å². The Labute approximate surface area is 268 Å². The highest BCUT2D eigenvalue weighted by Gasteiger charge is 2.44. The summed E-state index contributed by atoms with van der Waals surface area (Å²) in [7, 11) is 0. The predicted molar refractivity (Wildman–Crippen MR) is 176 cm³/mol. The van der Waals surface area contributed by atoms with Crippen LogP contribution < -0.4 is 21.3 Å². The fourth-order valence-corrected chi connectivity index (χ4v) is 6.70. The van der Waals surface area contributed by atoms with Gasteiger partial charge in [-0.2, -0.15) is 9.97 Å². The molecule has 0 unspecified atom stereocenters. The molecule has 2 saturated carbocycles. The molecule has 238 valence electrons. The summed E-state index contributed by atoms with van der Waals surface area (Å²) in [5, 5.41) is 35.5. The van der Waals surface area contributed by atoms with Crippen molar-refractivity contribution in [3.05, 3.63) is 78.1 Å². The van der Waals surface area contributed by atoms with Crippen LogP contribution >= 0.6 is 12.4 Å². The molecular formula is C33H41ClN8O3. The zero-order valence-corrected chi connectivity index (χ0v) is 25.9. The van der Waals surface area contributed by atoms with Gasteiger partial charge < -0.3 is 36.0 Å². The largest absolute Gasteiger partial charge is 0.388 e. The van der Waals surface area contributed by atoms with Gasteiger partial charge in [0.25, 0.3) is 0 Å². The summed E-state index contributed by atoms with van der Waals surface area (Å²) in [5.41, 5.74) is 3.53. The number of aromatic nitrogens is 4. The monoisotopic (exact) mass is 632 g/mol. The van der Waals surface area contributed by atoms with Crippen LogP contribution in [0.3, 0.4) is 0 Å². The van der Waals surface area contributed by atoms with Gasteiger partial charge in [-0.1, -0.05) is 67.1 Å². The molecule has 2 aromatic heterocycles. The molecular weight excluding hydrogens is 592 g/mol. The Morgan fingerprint density at radius 2 is 1.69 bits per heavy atom. The average Bonchev–Trinajstić information content (AvgIpc) is 3.74. The Hall–Kier alpha value is -3.77. The lowest BCUT2D eigenvalue weighted by molar-refractivity contribution is -0.129. The van der Waals surface area contributed by atoms with Crippen molar-refractivity contribution >= 4 is 41.2 Å². The normalized spacial score (nSPS) is 24.7. The molecule has 45 heavy (non-hydrogen) atoms. The van der Waals surface area contributed by atoms with Crippen LogP contribution in [0.4, 0.5) is 11.8 Å². The summed E-state index contributed by atoms with van der Waals surface area (Å²) in [4.78, 5) is 27.1. The van der Waals surface area contributed by atoms with E-state index < -0.39 is 24.3 Å². The predicted octanol–water partition coefficient (Wildman–Crippen LogP) is 3.22. The summed E-state index contributed by atoms with van der Waals surface area (Å²) in [5.74, 6) is 1.12. The van der Waals surface area contributed by atoms with Crippen molar-refractivity contribution in [2.24, 2.45) is 5.92 Å². The molecule has 2 aromatic carbocycles. The van der Waals surface area contributed by atoms with Gasteiger partial charge in [-0.3, -0.25) is 4.79 Å². The third-order valence-electron chi connectivity index (χ3n) is 9.51. The Morgan fingerprint density at radius 1 is 0.978 bits per heavy atom. The number of benzene rings is 2. The third-order valence-corrected chi connectivity index (χ3v) is 9.51. The molecule has 1 amide bonds. The van der Waals surface area contributed by atoms with Crippen LogP contribution in [0.2, 0.25) is 0 Å². The number of amides is 1. The van der Waals surface area contributed by atoms with Crippen molar-refractivity contribution in [2.75, 3.05) is 30.3 Å². The molecule has 1 aliphatic heterocycles. The van der Waals surface area contributed by atoms with Gasteiger partial charge in [0, 0.05) is 31.0 Å². The fourth-order valence-electron chi connectivity index (χ4n) is 6.70. The van der Waals surface area contributed by atoms with Crippen LogP contribution in [0.15, 0.2) is 67.0 Å². The zero-order valence-electron chi connectivity index (χ0n) is 25.0. The maximum Gasteiger partial charge on any atom is 0.227 e. The van der Waals surface area contributed by atoms with Gasteiger partial charge >= 0.3 is 0 Å². The second-order valence-electron chi connectivity index (χ2n) is 12.3. The van der Waals surface area contributed by atoms with Crippen LogP contribution in [0.25, 0.3) is 11.2 Å². The van der Waals surface area contributed by atoms with E-state index in [4.69, 9.17) is 15.0 Å². The van der Waals surface area contributed by atoms with Gasteiger partial charge in [0.2, 0.25) is 11.9 Å². The fraction of sp³-hybridized carbons (Fsp3) is 0.455. The number of fused-ring (bicyclic) bond motifs is 1. The van der Waals surface area contributed by atoms with E-state index in [-0.39, 0.29) is 36.2 Å². The number of nitrogens with zero attached hydrogens (tertiary/aromatic N) is 4. The first-order chi connectivity index (χ1) is 21.5. The van der Waals surface area contributed by atoms with Crippen LogP contribution in [-0.2, 0) is 4.79 Å². The van der Waals surface area contributed by atoms with Gasteiger partial charge in [0.05, 0.1) is 18.4 Å². The van der Waals surface area contributed by atoms with Crippen molar-refractivity contribution in [1.82, 2.24) is 30.2 Å². The maximum absolute atomic E-state index is 12.7. The van der Waals surface area contributed by atoms with Gasteiger partial charge in [-0.15, -0.1) is 12.4 Å². The van der Waals surface area contributed by atoms with Crippen molar-refractivity contribution in [2.45, 2.75) is 68.4 Å². The number of imidazole rings is 1. The van der Waals surface area contributed by atoms with Gasteiger partial charge in [0.1, 0.15) is 12.2 Å². The van der Waals surface area contributed by atoms with Crippen LogP contribution in [0.5, 0.6) is 0 Å². The highest BCUT2D eigenvalue weighted by molar-refractivity contribution is 5.85. The van der Waals surface area contributed by atoms with E-state index in [1.54, 1.807) is 6.33 Å². The molecule has 7 rings (SSSR count). The quantitative estimate of drug-likeness (QED) is 0.155. The molecule has 5 atom stereocenters. The first-order valence-electron chi connectivity index (χ1n) is 15.8. The lowest BCUT2D eigenvalue weighted by atomic mass is 9.84. The molecule has 3 fully saturated rings. The Balaban J connectivity index is 0.00000357. The van der Waals surface area contributed by atoms with Crippen molar-refractivity contribution in [3.8, 4) is 0 Å². The van der Waals surface area contributed by atoms with Gasteiger partial charge in [-0.25, -0.2) is 4.98 Å².